The smallest absolute Gasteiger partial charge is 0.335 e. The Balaban J connectivity index is 1.39. The molecule has 3 heterocycles. The summed E-state index contributed by atoms with van der Waals surface area (Å²) in [6.07, 6.45) is 2.09. The van der Waals surface area contributed by atoms with Gasteiger partial charge in [-0.25, -0.2) is 13.9 Å². The molecule has 228 valence electrons. The standard InChI is InChI=1S/C32H28Cl3FN4O4/c1-32(31(43)37-20-4-2-3-18(33)10-20)27(22-11-19(34)12-24(35)28(22)36)23-14-40-29(44-15-26(23)39(32)13-16-5-6-16)21-8-7-17(30(41)42)9-25(21)38-40/h2-4,7-12,16,23,26-27H,5-6,13-15H2,1H3,(H,37,43)(H,41,42)/t23-,26+,27+,32-/m1/s1. The van der Waals surface area contributed by atoms with E-state index in [2.05, 4.69) is 10.2 Å². The van der Waals surface area contributed by atoms with Gasteiger partial charge >= 0.3 is 5.97 Å². The molecule has 1 amide bonds. The number of hydrogen-bond donors (Lipinski definition) is 2. The van der Waals surface area contributed by atoms with Crippen LogP contribution in [0.5, 0.6) is 5.88 Å². The van der Waals surface area contributed by atoms with Crippen LogP contribution in [0.1, 0.15) is 41.6 Å². The van der Waals surface area contributed by atoms with Crippen molar-refractivity contribution in [3.05, 3.63) is 86.6 Å². The van der Waals surface area contributed by atoms with E-state index in [0.717, 1.165) is 12.8 Å². The molecule has 2 fully saturated rings. The van der Waals surface area contributed by atoms with Crippen LogP contribution in [0, 0.1) is 17.7 Å². The van der Waals surface area contributed by atoms with Crippen LogP contribution in [0.4, 0.5) is 10.1 Å². The molecule has 1 aliphatic carbocycles. The number of likely N-dealkylation sites (tertiary alicyclic amines) is 1. The Hall–Kier alpha value is -3.37. The molecule has 44 heavy (non-hydrogen) atoms. The van der Waals surface area contributed by atoms with Crippen molar-refractivity contribution < 1.29 is 23.8 Å². The summed E-state index contributed by atoms with van der Waals surface area (Å²) in [4.78, 5) is 28.3. The van der Waals surface area contributed by atoms with Crippen molar-refractivity contribution in [1.29, 1.82) is 0 Å². The highest BCUT2D eigenvalue weighted by molar-refractivity contribution is 6.34. The maximum atomic E-state index is 16.1. The molecule has 4 aromatic rings. The Labute approximate surface area is 267 Å². The first kappa shape index (κ1) is 29.3. The summed E-state index contributed by atoms with van der Waals surface area (Å²) in [6, 6.07) is 14.2. The third-order valence-electron chi connectivity index (χ3n) is 9.29. The number of carbonyl (C=O) groups is 2. The maximum absolute atomic E-state index is 16.1. The number of carboxylic acid groups (broad SMARTS) is 1. The highest BCUT2D eigenvalue weighted by Gasteiger charge is 2.62. The summed E-state index contributed by atoms with van der Waals surface area (Å²) in [5.41, 5.74) is 0.100. The van der Waals surface area contributed by atoms with Gasteiger partial charge in [-0.05, 0) is 79.8 Å². The summed E-state index contributed by atoms with van der Waals surface area (Å²) >= 11 is 19.1. The lowest BCUT2D eigenvalue weighted by Gasteiger charge is -2.40. The number of aromatic nitrogens is 2. The third kappa shape index (κ3) is 4.90. The van der Waals surface area contributed by atoms with Gasteiger partial charge in [0.25, 0.3) is 0 Å². The molecule has 12 heteroatoms. The van der Waals surface area contributed by atoms with E-state index in [0.29, 0.717) is 40.0 Å². The molecular weight excluding hydrogens is 630 g/mol. The molecular formula is C32H28Cl3FN4O4. The predicted molar refractivity (Wildman–Crippen MR) is 167 cm³/mol. The zero-order valence-corrected chi connectivity index (χ0v) is 25.8. The summed E-state index contributed by atoms with van der Waals surface area (Å²) < 4.78 is 24.2. The number of carboxylic acids is 1. The van der Waals surface area contributed by atoms with E-state index in [1.807, 2.05) is 6.92 Å². The van der Waals surface area contributed by atoms with Crippen LogP contribution < -0.4 is 10.1 Å². The lowest BCUT2D eigenvalue weighted by Crippen LogP contribution is -2.57. The van der Waals surface area contributed by atoms with Gasteiger partial charge in [-0.1, -0.05) is 40.9 Å². The van der Waals surface area contributed by atoms with Gasteiger partial charge < -0.3 is 15.2 Å². The average molecular weight is 658 g/mol. The van der Waals surface area contributed by atoms with Gasteiger partial charge in [0.1, 0.15) is 18.0 Å². The lowest BCUT2D eigenvalue weighted by atomic mass is 9.74. The number of carbonyl (C=O) groups excluding carboxylic acids is 1. The van der Waals surface area contributed by atoms with Crippen molar-refractivity contribution in [3.63, 3.8) is 0 Å². The first-order chi connectivity index (χ1) is 21.0. The minimum Gasteiger partial charge on any atom is -0.478 e. The van der Waals surface area contributed by atoms with Crippen LogP contribution in [0.2, 0.25) is 15.1 Å². The number of rotatable bonds is 6. The topological polar surface area (TPSA) is 96.7 Å². The van der Waals surface area contributed by atoms with Crippen LogP contribution in [0.15, 0.2) is 54.6 Å². The van der Waals surface area contributed by atoms with Gasteiger partial charge in [0.2, 0.25) is 11.8 Å². The van der Waals surface area contributed by atoms with Gasteiger partial charge in [0, 0.05) is 40.7 Å². The van der Waals surface area contributed by atoms with E-state index in [1.165, 1.54) is 18.2 Å². The number of hydrogen-bond acceptors (Lipinski definition) is 5. The van der Waals surface area contributed by atoms with Gasteiger partial charge in [0.15, 0.2) is 0 Å². The molecule has 0 unspecified atom stereocenters. The zero-order chi connectivity index (χ0) is 30.9. The number of fused-ring (bicyclic) bond motifs is 4. The van der Waals surface area contributed by atoms with Crippen molar-refractivity contribution in [1.82, 2.24) is 14.7 Å². The molecule has 0 spiro atoms. The van der Waals surface area contributed by atoms with E-state index in [9.17, 15) is 14.7 Å². The van der Waals surface area contributed by atoms with Crippen molar-refractivity contribution in [2.45, 2.75) is 43.8 Å². The number of nitrogens with one attached hydrogen (secondary N) is 1. The predicted octanol–water partition coefficient (Wildman–Crippen LogP) is 7.12. The number of ether oxygens (including phenoxy) is 1. The molecule has 2 aliphatic heterocycles. The average Bonchev–Trinajstić information content (AvgIpc) is 3.72. The molecule has 3 aliphatic rings. The van der Waals surface area contributed by atoms with Crippen LogP contribution in [0.3, 0.4) is 0 Å². The van der Waals surface area contributed by atoms with E-state index in [-0.39, 0.29) is 52.2 Å². The Kier molecular flexibility index (Phi) is 7.28. The molecule has 0 bridgehead atoms. The fourth-order valence-electron chi connectivity index (χ4n) is 7.05. The van der Waals surface area contributed by atoms with Gasteiger partial charge in [-0.2, -0.15) is 5.10 Å². The third-order valence-corrected chi connectivity index (χ3v) is 10.0. The number of benzene rings is 3. The van der Waals surface area contributed by atoms with Gasteiger partial charge in [0.05, 0.1) is 27.5 Å². The normalized spacial score (nSPS) is 24.8. The SMILES string of the molecule is C[C@]1(C(=O)Nc2cccc(Cl)c2)[C@@H](c2cc(Cl)cc(Cl)c2F)[C@@H]2Cn3nc4cc(C(=O)O)ccc4c3OC[C@@H]2N1CC1CC1. The van der Waals surface area contributed by atoms with Crippen molar-refractivity contribution in [3.8, 4) is 5.88 Å². The number of anilines is 1. The minimum absolute atomic E-state index is 0.110. The molecule has 0 radical (unpaired) electrons. The minimum atomic E-state index is -1.25. The Bertz CT molecular complexity index is 1830. The number of aromatic carboxylic acids is 1. The summed E-state index contributed by atoms with van der Waals surface area (Å²) in [5, 5.41) is 18.6. The van der Waals surface area contributed by atoms with E-state index < -0.39 is 23.2 Å². The number of nitrogens with zero attached hydrogens (tertiary/aromatic N) is 3. The Morgan fingerprint density at radius 3 is 2.64 bits per heavy atom. The summed E-state index contributed by atoms with van der Waals surface area (Å²) in [6.45, 7) is 2.97. The fraction of sp³-hybridized carbons (Fsp3) is 0.344. The maximum Gasteiger partial charge on any atom is 0.335 e. The number of halogens is 4. The van der Waals surface area contributed by atoms with Crippen LogP contribution in [0.25, 0.3) is 10.9 Å². The Morgan fingerprint density at radius 1 is 1.11 bits per heavy atom. The molecule has 1 saturated heterocycles. The van der Waals surface area contributed by atoms with Crippen LogP contribution >= 0.6 is 34.8 Å². The second-order valence-electron chi connectivity index (χ2n) is 12.0. The lowest BCUT2D eigenvalue weighted by molar-refractivity contribution is -0.127. The first-order valence-electron chi connectivity index (χ1n) is 14.4. The van der Waals surface area contributed by atoms with Gasteiger partial charge in [-0.3, -0.25) is 9.69 Å². The summed E-state index contributed by atoms with van der Waals surface area (Å²) in [7, 11) is 0. The first-order valence-corrected chi connectivity index (χ1v) is 15.5. The molecule has 4 atom stereocenters. The van der Waals surface area contributed by atoms with Crippen molar-refractivity contribution in [2.24, 2.45) is 11.8 Å². The van der Waals surface area contributed by atoms with Crippen LogP contribution in [-0.4, -0.2) is 56.4 Å². The van der Waals surface area contributed by atoms with E-state index in [4.69, 9.17) is 44.6 Å². The quantitative estimate of drug-likeness (QED) is 0.215. The largest absolute Gasteiger partial charge is 0.478 e. The molecule has 3 aromatic carbocycles. The Morgan fingerprint density at radius 2 is 1.91 bits per heavy atom. The number of amides is 1. The summed E-state index contributed by atoms with van der Waals surface area (Å²) in [5.74, 6) is -2.16. The van der Waals surface area contributed by atoms with Crippen LogP contribution in [-0.2, 0) is 11.3 Å². The zero-order valence-electron chi connectivity index (χ0n) is 23.6. The van der Waals surface area contributed by atoms with E-state index >= 15 is 4.39 Å². The van der Waals surface area contributed by atoms with Gasteiger partial charge in [-0.15, -0.1) is 0 Å². The van der Waals surface area contributed by atoms with E-state index in [1.54, 1.807) is 41.1 Å². The molecule has 1 saturated carbocycles. The van der Waals surface area contributed by atoms with Crippen molar-refractivity contribution >= 4 is 63.3 Å². The monoisotopic (exact) mass is 656 g/mol. The molecule has 2 N–H and O–H groups in total. The second kappa shape index (κ2) is 10.9. The highest BCUT2D eigenvalue weighted by Crippen LogP contribution is 2.54. The second-order valence-corrected chi connectivity index (χ2v) is 13.3. The van der Waals surface area contributed by atoms with Crippen molar-refractivity contribution in [2.75, 3.05) is 18.5 Å². The molecule has 7 rings (SSSR count). The highest BCUT2D eigenvalue weighted by atomic mass is 35.5. The molecule has 1 aromatic heterocycles. The molecule has 8 nitrogen and oxygen atoms in total. The fourth-order valence-corrected chi connectivity index (χ4v) is 7.75.